The largest absolute Gasteiger partial charge is 0.397 e. The molecule has 0 aliphatic carbocycles. The minimum Gasteiger partial charge on any atom is -0.397 e. The third-order valence-corrected chi connectivity index (χ3v) is 5.04. The predicted molar refractivity (Wildman–Crippen MR) is 88.1 cm³/mol. The minimum atomic E-state index is 0.156. The van der Waals surface area contributed by atoms with E-state index in [2.05, 4.69) is 6.07 Å². The van der Waals surface area contributed by atoms with Crippen LogP contribution >= 0.6 is 23.4 Å². The van der Waals surface area contributed by atoms with Crippen molar-refractivity contribution in [3.63, 3.8) is 0 Å². The van der Waals surface area contributed by atoms with E-state index in [0.717, 1.165) is 29.4 Å². The molecule has 1 saturated heterocycles. The molecule has 22 heavy (non-hydrogen) atoms. The second-order valence-corrected chi connectivity index (χ2v) is 6.70. The molecule has 0 radical (unpaired) electrons. The van der Waals surface area contributed by atoms with E-state index in [4.69, 9.17) is 22.1 Å². The number of anilines is 1. The van der Waals surface area contributed by atoms with Gasteiger partial charge in [-0.3, -0.25) is 0 Å². The van der Waals surface area contributed by atoms with Crippen molar-refractivity contribution in [3.8, 4) is 6.07 Å². The van der Waals surface area contributed by atoms with Gasteiger partial charge < -0.3 is 15.0 Å². The van der Waals surface area contributed by atoms with Crippen molar-refractivity contribution in [3.05, 3.63) is 41.0 Å². The molecule has 2 heterocycles. The van der Waals surface area contributed by atoms with Crippen LogP contribution in [-0.2, 0) is 11.3 Å². The summed E-state index contributed by atoms with van der Waals surface area (Å²) in [6, 6.07) is 11.5. The van der Waals surface area contributed by atoms with E-state index in [-0.39, 0.29) is 6.10 Å². The number of benzene rings is 1. The highest BCUT2D eigenvalue weighted by molar-refractivity contribution is 7.99. The van der Waals surface area contributed by atoms with Gasteiger partial charge in [0.15, 0.2) is 0 Å². The monoisotopic (exact) mass is 333 g/mol. The van der Waals surface area contributed by atoms with Crippen LogP contribution in [0.1, 0.15) is 18.5 Å². The fourth-order valence-electron chi connectivity index (χ4n) is 2.55. The molecular formula is C16H16ClN3OS. The number of hydrogen-bond acceptors (Lipinski definition) is 4. The molecule has 1 aliphatic rings. The molecule has 2 aromatic rings. The normalized spacial score (nSPS) is 17.5. The van der Waals surface area contributed by atoms with Gasteiger partial charge in [0.25, 0.3) is 0 Å². The summed E-state index contributed by atoms with van der Waals surface area (Å²) in [6.45, 7) is 1.46. The maximum atomic E-state index is 9.34. The van der Waals surface area contributed by atoms with Crippen LogP contribution in [0.5, 0.6) is 0 Å². The summed E-state index contributed by atoms with van der Waals surface area (Å²) in [5.74, 6) is 0. The van der Waals surface area contributed by atoms with Crippen LogP contribution in [0.15, 0.2) is 40.3 Å². The fourth-order valence-corrected chi connectivity index (χ4v) is 3.63. The molecule has 0 unspecified atom stereocenters. The lowest BCUT2D eigenvalue weighted by molar-refractivity contribution is 0.0951. The van der Waals surface area contributed by atoms with Gasteiger partial charge in [-0.1, -0.05) is 23.4 Å². The smallest absolute Gasteiger partial charge is 0.123 e. The van der Waals surface area contributed by atoms with E-state index in [1.54, 1.807) is 17.8 Å². The fraction of sp³-hybridized carbons (Fsp3) is 0.312. The summed E-state index contributed by atoms with van der Waals surface area (Å²) in [5.41, 5.74) is 7.30. The zero-order chi connectivity index (χ0) is 15.5. The van der Waals surface area contributed by atoms with E-state index in [1.165, 1.54) is 0 Å². The van der Waals surface area contributed by atoms with E-state index in [1.807, 2.05) is 28.8 Å². The first-order valence-electron chi connectivity index (χ1n) is 7.11. The van der Waals surface area contributed by atoms with Crippen LogP contribution in [0.25, 0.3) is 0 Å². The molecule has 2 N–H and O–H groups in total. The molecular weight excluding hydrogens is 318 g/mol. The highest BCUT2D eigenvalue weighted by atomic mass is 35.5. The van der Waals surface area contributed by atoms with Crippen molar-refractivity contribution in [2.24, 2.45) is 0 Å². The molecule has 1 aromatic carbocycles. The Balaban J connectivity index is 1.90. The van der Waals surface area contributed by atoms with Crippen LogP contribution in [0.2, 0.25) is 5.02 Å². The van der Waals surface area contributed by atoms with Gasteiger partial charge in [0.05, 0.1) is 18.3 Å². The standard InChI is InChI=1S/C16H16ClN3OS/c17-11-3-5-14(6-4-11)22-16-15(19)8-12(9-18)20(16)10-13-2-1-7-21-13/h3-6,8,13H,1-2,7,10,19H2/t13-/m0/s1. The maximum absolute atomic E-state index is 9.34. The number of rotatable bonds is 4. The number of ether oxygens (including phenoxy) is 1. The number of nitrogens with two attached hydrogens (primary N) is 1. The van der Waals surface area contributed by atoms with Crippen molar-refractivity contribution in [2.75, 3.05) is 12.3 Å². The van der Waals surface area contributed by atoms with Gasteiger partial charge in [-0.15, -0.1) is 0 Å². The first-order chi connectivity index (χ1) is 10.7. The summed E-state index contributed by atoms with van der Waals surface area (Å²) in [4.78, 5) is 1.03. The van der Waals surface area contributed by atoms with E-state index in [9.17, 15) is 5.26 Å². The maximum Gasteiger partial charge on any atom is 0.123 e. The summed E-state index contributed by atoms with van der Waals surface area (Å²) in [5, 5.41) is 10.9. The minimum absolute atomic E-state index is 0.156. The molecule has 3 rings (SSSR count). The molecule has 0 bridgehead atoms. The SMILES string of the molecule is N#Cc1cc(N)c(Sc2ccc(Cl)cc2)n1C[C@@H]1CCCO1. The van der Waals surface area contributed by atoms with Gasteiger partial charge in [-0.2, -0.15) is 5.26 Å². The average molecular weight is 334 g/mol. The van der Waals surface area contributed by atoms with Crippen LogP contribution in [-0.4, -0.2) is 17.3 Å². The topological polar surface area (TPSA) is 64.0 Å². The highest BCUT2D eigenvalue weighted by Gasteiger charge is 2.21. The second-order valence-electron chi connectivity index (χ2n) is 5.20. The van der Waals surface area contributed by atoms with E-state index >= 15 is 0 Å². The van der Waals surface area contributed by atoms with Crippen molar-refractivity contribution in [1.29, 1.82) is 5.26 Å². The van der Waals surface area contributed by atoms with Crippen molar-refractivity contribution >= 4 is 29.1 Å². The van der Waals surface area contributed by atoms with Crippen LogP contribution in [0.3, 0.4) is 0 Å². The zero-order valence-corrected chi connectivity index (χ0v) is 13.5. The molecule has 1 atom stereocenters. The van der Waals surface area contributed by atoms with Gasteiger partial charge in [0, 0.05) is 16.5 Å². The first kappa shape index (κ1) is 15.3. The Kier molecular flexibility index (Phi) is 4.63. The van der Waals surface area contributed by atoms with Crippen molar-refractivity contribution < 1.29 is 4.74 Å². The molecule has 0 spiro atoms. The van der Waals surface area contributed by atoms with Gasteiger partial charge in [-0.05, 0) is 43.2 Å². The van der Waals surface area contributed by atoms with E-state index in [0.29, 0.717) is 22.9 Å². The lowest BCUT2D eigenvalue weighted by Crippen LogP contribution is -2.16. The third-order valence-electron chi connectivity index (χ3n) is 3.63. The van der Waals surface area contributed by atoms with Gasteiger partial charge >= 0.3 is 0 Å². The van der Waals surface area contributed by atoms with Crippen LogP contribution in [0.4, 0.5) is 5.69 Å². The molecule has 1 fully saturated rings. The zero-order valence-electron chi connectivity index (χ0n) is 12.0. The van der Waals surface area contributed by atoms with Crippen molar-refractivity contribution in [2.45, 2.75) is 35.4 Å². The summed E-state index contributed by atoms with van der Waals surface area (Å²) >= 11 is 7.46. The van der Waals surface area contributed by atoms with Crippen LogP contribution < -0.4 is 5.73 Å². The third kappa shape index (κ3) is 3.25. The molecule has 4 nitrogen and oxygen atoms in total. The number of hydrogen-bond donors (Lipinski definition) is 1. The summed E-state index contributed by atoms with van der Waals surface area (Å²) in [7, 11) is 0. The van der Waals surface area contributed by atoms with Gasteiger partial charge in [-0.25, -0.2) is 0 Å². The molecule has 1 aromatic heterocycles. The quantitative estimate of drug-likeness (QED) is 0.920. The lowest BCUT2D eigenvalue weighted by Gasteiger charge is -2.15. The highest BCUT2D eigenvalue weighted by Crippen LogP contribution is 2.35. The Labute approximate surface area is 138 Å². The number of halogens is 1. The first-order valence-corrected chi connectivity index (χ1v) is 8.31. The Bertz CT molecular complexity index is 699. The van der Waals surface area contributed by atoms with Gasteiger partial charge in [0.1, 0.15) is 16.8 Å². The predicted octanol–water partition coefficient (Wildman–Crippen LogP) is 3.93. The molecule has 6 heteroatoms. The molecule has 1 aliphatic heterocycles. The Morgan fingerprint density at radius 1 is 1.41 bits per heavy atom. The Morgan fingerprint density at radius 3 is 2.82 bits per heavy atom. The number of nitrogens with zero attached hydrogens (tertiary/aromatic N) is 2. The van der Waals surface area contributed by atoms with Crippen molar-refractivity contribution in [1.82, 2.24) is 4.57 Å². The van der Waals surface area contributed by atoms with Gasteiger partial charge in [0.2, 0.25) is 0 Å². The number of nitrogen functional groups attached to an aromatic ring is 1. The molecule has 114 valence electrons. The summed E-state index contributed by atoms with van der Waals surface area (Å²) < 4.78 is 7.65. The van der Waals surface area contributed by atoms with E-state index < -0.39 is 0 Å². The second kappa shape index (κ2) is 6.66. The Hall–Kier alpha value is -1.61. The molecule has 0 saturated carbocycles. The van der Waals surface area contributed by atoms with Crippen LogP contribution in [0, 0.1) is 11.3 Å². The molecule has 0 amide bonds. The lowest BCUT2D eigenvalue weighted by atomic mass is 10.2. The summed E-state index contributed by atoms with van der Waals surface area (Å²) in [6.07, 6.45) is 2.25. The number of aromatic nitrogens is 1. The Morgan fingerprint density at radius 2 is 2.18 bits per heavy atom. The average Bonchev–Trinajstić information content (AvgIpc) is 3.12. The number of nitriles is 1.